The van der Waals surface area contributed by atoms with Crippen molar-refractivity contribution in [3.8, 4) is 11.1 Å². The number of sulfonamides is 1. The molecule has 10 nitrogen and oxygen atoms in total. The van der Waals surface area contributed by atoms with Gasteiger partial charge in [0.15, 0.2) is 0 Å². The molecule has 1 saturated heterocycles. The zero-order valence-electron chi connectivity index (χ0n) is 18.8. The number of imidazole rings is 1. The number of para-hydroxylation sites is 1. The molecule has 3 aromatic heterocycles. The summed E-state index contributed by atoms with van der Waals surface area (Å²) < 4.78 is 23.7. The number of nitrogens with zero attached hydrogens (tertiary/aromatic N) is 4. The molecule has 0 unspecified atom stereocenters. The van der Waals surface area contributed by atoms with Crippen molar-refractivity contribution in [2.24, 2.45) is 10.9 Å². The molecule has 4 heterocycles. The zero-order valence-corrected chi connectivity index (χ0v) is 19.6. The van der Waals surface area contributed by atoms with Crippen LogP contribution in [0.25, 0.3) is 33.2 Å². The lowest BCUT2D eigenvalue weighted by molar-refractivity contribution is 0.327. The molecule has 1 aliphatic heterocycles. The van der Waals surface area contributed by atoms with Crippen LogP contribution in [-0.2, 0) is 15.6 Å². The molecule has 1 fully saturated rings. The van der Waals surface area contributed by atoms with Gasteiger partial charge in [-0.25, -0.2) is 28.5 Å². The van der Waals surface area contributed by atoms with Crippen molar-refractivity contribution in [1.82, 2.24) is 24.9 Å². The maximum absolute atomic E-state index is 11.8. The third-order valence-corrected chi connectivity index (χ3v) is 7.66. The van der Waals surface area contributed by atoms with Crippen LogP contribution >= 0.6 is 0 Å². The normalized spacial score (nSPS) is 16.2. The highest BCUT2D eigenvalue weighted by Crippen LogP contribution is 2.35. The van der Waals surface area contributed by atoms with Crippen molar-refractivity contribution in [3.05, 3.63) is 66.9 Å². The van der Waals surface area contributed by atoms with Crippen molar-refractivity contribution in [3.63, 3.8) is 0 Å². The van der Waals surface area contributed by atoms with Gasteiger partial charge in [0.05, 0.1) is 26.9 Å². The van der Waals surface area contributed by atoms with E-state index in [0.29, 0.717) is 12.8 Å². The number of hydrogen-bond acceptors (Lipinski definition) is 7. The van der Waals surface area contributed by atoms with Gasteiger partial charge in [-0.1, -0.05) is 24.3 Å². The first-order valence-electron chi connectivity index (χ1n) is 11.3. The Labute approximate surface area is 201 Å². The van der Waals surface area contributed by atoms with E-state index in [1.165, 1.54) is 6.07 Å². The van der Waals surface area contributed by atoms with Gasteiger partial charge in [-0.05, 0) is 42.7 Å². The quantitative estimate of drug-likeness (QED) is 0.302. The molecule has 0 amide bonds. The van der Waals surface area contributed by atoms with Crippen LogP contribution in [-0.4, -0.2) is 46.4 Å². The van der Waals surface area contributed by atoms with E-state index in [9.17, 15) is 8.42 Å². The van der Waals surface area contributed by atoms with Gasteiger partial charge in [0.25, 0.3) is 0 Å². The second-order valence-electron chi connectivity index (χ2n) is 8.94. The van der Waals surface area contributed by atoms with E-state index in [1.807, 2.05) is 36.5 Å². The van der Waals surface area contributed by atoms with Gasteiger partial charge < -0.3 is 20.6 Å². The van der Waals surface area contributed by atoms with Crippen LogP contribution in [0.4, 0.5) is 5.82 Å². The Hall–Kier alpha value is -3.80. The molecule has 0 aliphatic carbocycles. The number of aromatic nitrogens is 5. The van der Waals surface area contributed by atoms with Crippen LogP contribution in [0.15, 0.2) is 66.0 Å². The molecular formula is C24H24N8O2S. The summed E-state index contributed by atoms with van der Waals surface area (Å²) >= 11 is 0. The maximum atomic E-state index is 11.8. The Morgan fingerprint density at radius 2 is 1.83 bits per heavy atom. The average Bonchev–Trinajstić information content (AvgIpc) is 3.51. The minimum Gasteiger partial charge on any atom is -0.356 e. The number of H-pyrrole nitrogens is 2. The van der Waals surface area contributed by atoms with Crippen LogP contribution in [0, 0.1) is 0 Å². The number of aromatic amines is 2. The van der Waals surface area contributed by atoms with E-state index in [4.69, 9.17) is 15.9 Å². The molecule has 1 aliphatic rings. The van der Waals surface area contributed by atoms with Gasteiger partial charge in [0.2, 0.25) is 10.0 Å². The molecule has 6 N–H and O–H groups in total. The smallest absolute Gasteiger partial charge is 0.238 e. The molecule has 5 aromatic rings. The fourth-order valence-electron chi connectivity index (χ4n) is 4.81. The summed E-state index contributed by atoms with van der Waals surface area (Å²) in [7, 11) is -3.81. The average molecular weight is 489 g/mol. The Morgan fingerprint density at radius 3 is 2.63 bits per heavy atom. The SMILES string of the molecule is NC1(c2nc3c(-c4cccc(S(N)(=O)=O)c4)cccc3[nH]2)CCN(c2ncnc3[nH]ccc23)CC1. The lowest BCUT2D eigenvalue weighted by Gasteiger charge is -2.38. The van der Waals surface area contributed by atoms with Gasteiger partial charge in [-0.2, -0.15) is 0 Å². The Morgan fingerprint density at radius 1 is 1.03 bits per heavy atom. The first kappa shape index (κ1) is 21.7. The summed E-state index contributed by atoms with van der Waals surface area (Å²) in [5, 5.41) is 6.33. The van der Waals surface area contributed by atoms with Crippen molar-refractivity contribution in [1.29, 1.82) is 0 Å². The number of nitrogens with one attached hydrogen (secondary N) is 2. The summed E-state index contributed by atoms with van der Waals surface area (Å²) in [6.07, 6.45) is 4.83. The summed E-state index contributed by atoms with van der Waals surface area (Å²) in [5.74, 6) is 1.62. The van der Waals surface area contributed by atoms with Crippen LogP contribution in [0.1, 0.15) is 18.7 Å². The number of anilines is 1. The second-order valence-corrected chi connectivity index (χ2v) is 10.5. The zero-order chi connectivity index (χ0) is 24.2. The Bertz CT molecular complexity index is 1670. The van der Waals surface area contributed by atoms with E-state index in [2.05, 4.69) is 24.8 Å². The van der Waals surface area contributed by atoms with Gasteiger partial charge in [0, 0.05) is 24.8 Å². The fraction of sp³-hybridized carbons (Fsp3) is 0.208. The lowest BCUT2D eigenvalue weighted by atomic mass is 9.88. The number of rotatable bonds is 4. The number of benzene rings is 2. The van der Waals surface area contributed by atoms with Crippen LogP contribution in [0.3, 0.4) is 0 Å². The molecule has 0 spiro atoms. The summed E-state index contributed by atoms with van der Waals surface area (Å²) in [6.45, 7) is 1.46. The van der Waals surface area contributed by atoms with Gasteiger partial charge >= 0.3 is 0 Å². The number of hydrogen-bond donors (Lipinski definition) is 4. The minimum absolute atomic E-state index is 0.0617. The molecule has 35 heavy (non-hydrogen) atoms. The molecule has 6 rings (SSSR count). The highest BCUT2D eigenvalue weighted by Gasteiger charge is 2.36. The molecule has 2 aromatic carbocycles. The first-order chi connectivity index (χ1) is 16.8. The summed E-state index contributed by atoms with van der Waals surface area (Å²) in [6, 6.07) is 14.3. The predicted molar refractivity (Wildman–Crippen MR) is 134 cm³/mol. The maximum Gasteiger partial charge on any atom is 0.238 e. The van der Waals surface area contributed by atoms with Crippen LogP contribution < -0.4 is 15.8 Å². The Balaban J connectivity index is 1.32. The molecular weight excluding hydrogens is 464 g/mol. The third kappa shape index (κ3) is 3.73. The van der Waals surface area contributed by atoms with E-state index in [0.717, 1.165) is 57.9 Å². The van der Waals surface area contributed by atoms with Gasteiger partial charge in [-0.3, -0.25) is 0 Å². The van der Waals surface area contributed by atoms with Crippen molar-refractivity contribution in [2.75, 3.05) is 18.0 Å². The summed E-state index contributed by atoms with van der Waals surface area (Å²) in [5.41, 5.74) is 10.2. The predicted octanol–water partition coefficient (Wildman–Crippen LogP) is 2.60. The van der Waals surface area contributed by atoms with E-state index < -0.39 is 15.6 Å². The van der Waals surface area contributed by atoms with Crippen molar-refractivity contribution >= 4 is 37.9 Å². The second kappa shape index (κ2) is 7.87. The molecule has 0 radical (unpaired) electrons. The number of fused-ring (bicyclic) bond motifs is 2. The highest BCUT2D eigenvalue weighted by atomic mass is 32.2. The lowest BCUT2D eigenvalue weighted by Crippen LogP contribution is -2.49. The largest absolute Gasteiger partial charge is 0.356 e. The highest BCUT2D eigenvalue weighted by molar-refractivity contribution is 7.89. The number of piperidine rings is 1. The molecule has 11 heteroatoms. The topological polar surface area (TPSA) is 160 Å². The van der Waals surface area contributed by atoms with E-state index in [1.54, 1.807) is 18.5 Å². The standard InChI is InChI=1S/C24H24N8O2S/c25-24(8-11-32(12-9-24)22-18-7-10-27-21(18)28-14-29-22)23-30-19-6-2-5-17(20(19)31-23)15-3-1-4-16(13-15)35(26,33)34/h1-7,10,13-14H,8-9,11-12,25H2,(H,30,31)(H2,26,33,34)(H,27,28,29). The molecule has 0 bridgehead atoms. The van der Waals surface area contributed by atoms with E-state index >= 15 is 0 Å². The number of nitrogens with two attached hydrogens (primary N) is 2. The van der Waals surface area contributed by atoms with E-state index in [-0.39, 0.29) is 4.90 Å². The van der Waals surface area contributed by atoms with Crippen molar-refractivity contribution < 1.29 is 8.42 Å². The van der Waals surface area contributed by atoms with Crippen LogP contribution in [0.2, 0.25) is 0 Å². The minimum atomic E-state index is -3.81. The van der Waals surface area contributed by atoms with Crippen molar-refractivity contribution in [2.45, 2.75) is 23.3 Å². The van der Waals surface area contributed by atoms with Gasteiger partial charge in [-0.15, -0.1) is 0 Å². The van der Waals surface area contributed by atoms with Gasteiger partial charge in [0.1, 0.15) is 23.6 Å². The first-order valence-corrected chi connectivity index (χ1v) is 12.8. The Kier molecular flexibility index (Phi) is 4.88. The molecule has 0 atom stereocenters. The third-order valence-electron chi connectivity index (χ3n) is 6.75. The molecule has 178 valence electrons. The summed E-state index contributed by atoms with van der Waals surface area (Å²) in [4.78, 5) is 22.5. The van der Waals surface area contributed by atoms with Crippen LogP contribution in [0.5, 0.6) is 0 Å². The molecule has 0 saturated carbocycles. The fourth-order valence-corrected chi connectivity index (χ4v) is 5.37. The number of primary sulfonamides is 1. The monoisotopic (exact) mass is 488 g/mol.